The summed E-state index contributed by atoms with van der Waals surface area (Å²) < 4.78 is 12.6. The van der Waals surface area contributed by atoms with Crippen molar-refractivity contribution in [3.05, 3.63) is 91.0 Å². The SMILES string of the molecule is c1ccc2c(c1)Oc1cccc3c1B2c1c(ccc2c1ccc1ccccc12)O3. The molecule has 5 aromatic rings. The highest BCUT2D eigenvalue weighted by Gasteiger charge is 2.40. The van der Waals surface area contributed by atoms with Crippen molar-refractivity contribution in [2.75, 3.05) is 0 Å². The predicted molar refractivity (Wildman–Crippen MR) is 119 cm³/mol. The van der Waals surface area contributed by atoms with Gasteiger partial charge in [0.05, 0.1) is 0 Å². The van der Waals surface area contributed by atoms with Crippen LogP contribution in [0.3, 0.4) is 0 Å². The second kappa shape index (κ2) is 5.42. The Morgan fingerprint density at radius 1 is 0.448 bits per heavy atom. The number of hydrogen-bond donors (Lipinski definition) is 0. The van der Waals surface area contributed by atoms with Crippen LogP contribution in [0.5, 0.6) is 23.0 Å². The molecule has 2 heterocycles. The van der Waals surface area contributed by atoms with E-state index < -0.39 is 0 Å². The molecule has 3 heteroatoms. The first-order chi connectivity index (χ1) is 14.4. The molecule has 0 atom stereocenters. The van der Waals surface area contributed by atoms with Gasteiger partial charge in [-0.15, -0.1) is 0 Å². The third-order valence-corrected chi connectivity index (χ3v) is 6.20. The molecule has 5 aromatic carbocycles. The fraction of sp³-hybridized carbons (Fsp3) is 0. The lowest BCUT2D eigenvalue weighted by Gasteiger charge is -2.33. The van der Waals surface area contributed by atoms with Gasteiger partial charge in [-0.1, -0.05) is 66.7 Å². The van der Waals surface area contributed by atoms with Crippen LogP contribution in [0, 0.1) is 0 Å². The van der Waals surface area contributed by atoms with Gasteiger partial charge in [-0.25, -0.2) is 0 Å². The van der Waals surface area contributed by atoms with Gasteiger partial charge in [0.2, 0.25) is 0 Å². The number of fused-ring (bicyclic) bond motifs is 8. The Hall–Kier alpha value is -3.72. The zero-order valence-electron chi connectivity index (χ0n) is 15.6. The Balaban J connectivity index is 1.63. The van der Waals surface area contributed by atoms with Crippen LogP contribution >= 0.6 is 0 Å². The Bertz CT molecular complexity index is 1460. The van der Waals surface area contributed by atoms with E-state index in [1.807, 2.05) is 24.3 Å². The lowest BCUT2D eigenvalue weighted by molar-refractivity contribution is 0.465. The highest BCUT2D eigenvalue weighted by molar-refractivity contribution is 6.99. The van der Waals surface area contributed by atoms with Crippen LogP contribution in [0.1, 0.15) is 0 Å². The molecule has 0 bridgehead atoms. The number of benzene rings is 5. The van der Waals surface area contributed by atoms with Crippen LogP contribution < -0.4 is 25.9 Å². The van der Waals surface area contributed by atoms with Gasteiger partial charge in [-0.05, 0) is 56.7 Å². The van der Waals surface area contributed by atoms with Gasteiger partial charge >= 0.3 is 0 Å². The Morgan fingerprint density at radius 3 is 2.07 bits per heavy atom. The van der Waals surface area contributed by atoms with Crippen LogP contribution in [-0.4, -0.2) is 6.71 Å². The molecule has 134 valence electrons. The van der Waals surface area contributed by atoms with Gasteiger partial charge < -0.3 is 9.47 Å². The Labute approximate surface area is 168 Å². The summed E-state index contributed by atoms with van der Waals surface area (Å²) in [5.41, 5.74) is 3.54. The summed E-state index contributed by atoms with van der Waals surface area (Å²) in [5, 5.41) is 5.02. The molecule has 0 aliphatic carbocycles. The quantitative estimate of drug-likeness (QED) is 0.284. The molecule has 0 N–H and O–H groups in total. The molecule has 2 nitrogen and oxygen atoms in total. The average Bonchev–Trinajstić information content (AvgIpc) is 2.78. The maximum atomic E-state index is 6.38. The molecular weight excluding hydrogens is 355 g/mol. The van der Waals surface area contributed by atoms with Crippen molar-refractivity contribution in [1.82, 2.24) is 0 Å². The van der Waals surface area contributed by atoms with Crippen molar-refractivity contribution in [3.63, 3.8) is 0 Å². The summed E-state index contributed by atoms with van der Waals surface area (Å²) in [7, 11) is 0. The van der Waals surface area contributed by atoms with Gasteiger partial charge in [0.1, 0.15) is 23.0 Å². The molecule has 0 saturated heterocycles. The summed E-state index contributed by atoms with van der Waals surface area (Å²) in [4.78, 5) is 0. The second-order valence-electron chi connectivity index (χ2n) is 7.70. The fourth-order valence-corrected chi connectivity index (χ4v) is 4.97. The minimum atomic E-state index is 0.0970. The van der Waals surface area contributed by atoms with Gasteiger partial charge in [0.15, 0.2) is 0 Å². The Kier molecular flexibility index (Phi) is 2.85. The topological polar surface area (TPSA) is 18.5 Å². The number of hydrogen-bond acceptors (Lipinski definition) is 2. The van der Waals surface area contributed by atoms with Crippen molar-refractivity contribution in [2.24, 2.45) is 0 Å². The molecule has 29 heavy (non-hydrogen) atoms. The molecule has 0 amide bonds. The first-order valence-electron chi connectivity index (χ1n) is 9.90. The molecule has 0 fully saturated rings. The fourth-order valence-electron chi connectivity index (χ4n) is 4.97. The zero-order valence-corrected chi connectivity index (χ0v) is 15.6. The molecule has 0 spiro atoms. The van der Waals surface area contributed by atoms with Gasteiger partial charge in [0, 0.05) is 5.46 Å². The van der Waals surface area contributed by atoms with E-state index in [0.717, 1.165) is 28.5 Å². The van der Waals surface area contributed by atoms with Crippen LogP contribution in [0.4, 0.5) is 0 Å². The molecule has 7 rings (SSSR count). The summed E-state index contributed by atoms with van der Waals surface area (Å²) >= 11 is 0. The van der Waals surface area contributed by atoms with Crippen molar-refractivity contribution < 1.29 is 9.47 Å². The van der Waals surface area contributed by atoms with E-state index in [1.54, 1.807) is 0 Å². The minimum Gasteiger partial charge on any atom is -0.458 e. The molecule has 2 aliphatic heterocycles. The zero-order chi connectivity index (χ0) is 18.9. The maximum Gasteiger partial charge on any atom is 0.261 e. The monoisotopic (exact) mass is 370 g/mol. The van der Waals surface area contributed by atoms with E-state index in [0.29, 0.717) is 0 Å². The van der Waals surface area contributed by atoms with Crippen molar-refractivity contribution in [2.45, 2.75) is 0 Å². The third-order valence-electron chi connectivity index (χ3n) is 6.20. The van der Waals surface area contributed by atoms with Crippen LogP contribution in [0.2, 0.25) is 0 Å². The van der Waals surface area contributed by atoms with E-state index in [9.17, 15) is 0 Å². The minimum absolute atomic E-state index is 0.0970. The molecule has 0 unspecified atom stereocenters. The van der Waals surface area contributed by atoms with Gasteiger partial charge in [-0.2, -0.15) is 0 Å². The van der Waals surface area contributed by atoms with E-state index in [2.05, 4.69) is 66.7 Å². The number of rotatable bonds is 0. The maximum absolute atomic E-state index is 6.38. The van der Waals surface area contributed by atoms with E-state index in [-0.39, 0.29) is 6.71 Å². The van der Waals surface area contributed by atoms with Gasteiger partial charge in [-0.3, -0.25) is 0 Å². The molecule has 0 radical (unpaired) electrons. The van der Waals surface area contributed by atoms with E-state index in [4.69, 9.17) is 9.47 Å². The van der Waals surface area contributed by atoms with Crippen LogP contribution in [-0.2, 0) is 0 Å². The largest absolute Gasteiger partial charge is 0.458 e. The normalized spacial score (nSPS) is 13.3. The van der Waals surface area contributed by atoms with E-state index >= 15 is 0 Å². The number of para-hydroxylation sites is 1. The standard InChI is InChI=1S/C26H15BO2/c1-2-7-17-16(6-1)12-13-19-18(17)14-15-24-25(19)27-20-8-3-4-9-21(20)28-22-10-5-11-23(29-24)26(22)27/h1-15H. The molecule has 2 aliphatic rings. The summed E-state index contributed by atoms with van der Waals surface area (Å²) in [5.74, 6) is 3.62. The summed E-state index contributed by atoms with van der Waals surface area (Å²) in [6.45, 7) is 0.0970. The Morgan fingerprint density at radius 2 is 1.14 bits per heavy atom. The molecule has 0 saturated carbocycles. The smallest absolute Gasteiger partial charge is 0.261 e. The molecular formula is C26H15BO2. The van der Waals surface area contributed by atoms with Crippen LogP contribution in [0.15, 0.2) is 91.0 Å². The number of ether oxygens (including phenoxy) is 2. The third kappa shape index (κ3) is 1.97. The van der Waals surface area contributed by atoms with E-state index in [1.165, 1.54) is 32.5 Å². The lowest BCUT2D eigenvalue weighted by atomic mass is 9.34. The van der Waals surface area contributed by atoms with Crippen molar-refractivity contribution in [1.29, 1.82) is 0 Å². The lowest BCUT2D eigenvalue weighted by Crippen LogP contribution is -2.57. The second-order valence-corrected chi connectivity index (χ2v) is 7.70. The van der Waals surface area contributed by atoms with Crippen molar-refractivity contribution >= 4 is 44.6 Å². The van der Waals surface area contributed by atoms with Crippen LogP contribution in [0.25, 0.3) is 21.5 Å². The summed E-state index contributed by atoms with van der Waals surface area (Å²) in [6, 6.07) is 31.8. The van der Waals surface area contributed by atoms with Crippen molar-refractivity contribution in [3.8, 4) is 23.0 Å². The first-order valence-corrected chi connectivity index (χ1v) is 9.90. The predicted octanol–water partition coefficient (Wildman–Crippen LogP) is 4.72. The first kappa shape index (κ1) is 15.2. The summed E-state index contributed by atoms with van der Waals surface area (Å²) in [6.07, 6.45) is 0. The van der Waals surface area contributed by atoms with Gasteiger partial charge in [0.25, 0.3) is 6.71 Å². The highest BCUT2D eigenvalue weighted by Crippen LogP contribution is 2.37. The highest BCUT2D eigenvalue weighted by atomic mass is 16.5. The molecule has 0 aromatic heterocycles. The average molecular weight is 370 g/mol.